The lowest BCUT2D eigenvalue weighted by atomic mass is 10.2. The molecule has 2 rings (SSSR count). The summed E-state index contributed by atoms with van der Waals surface area (Å²) in [5, 5.41) is 0. The zero-order valence-corrected chi connectivity index (χ0v) is 11.2. The van der Waals surface area contributed by atoms with Crippen molar-refractivity contribution in [2.75, 3.05) is 26.2 Å². The molecule has 0 bridgehead atoms. The molecule has 0 unspecified atom stereocenters. The maximum atomic E-state index is 12.5. The van der Waals surface area contributed by atoms with Crippen molar-refractivity contribution in [2.45, 2.75) is 44.6 Å². The highest BCUT2D eigenvalue weighted by Crippen LogP contribution is 2.30. The van der Waals surface area contributed by atoms with Crippen LogP contribution >= 0.6 is 0 Å². The fraction of sp³-hybridized carbons (Fsp3) is 1.00. The van der Waals surface area contributed by atoms with Crippen LogP contribution in [0.3, 0.4) is 0 Å². The molecule has 1 aliphatic carbocycles. The first-order valence-electron chi connectivity index (χ1n) is 6.63. The van der Waals surface area contributed by atoms with Crippen LogP contribution < -0.4 is 5.73 Å². The summed E-state index contributed by atoms with van der Waals surface area (Å²) in [6.45, 7) is 2.22. The lowest BCUT2D eigenvalue weighted by Gasteiger charge is -2.28. The van der Waals surface area contributed by atoms with Gasteiger partial charge in [-0.1, -0.05) is 12.8 Å². The molecule has 1 heterocycles. The van der Waals surface area contributed by atoms with E-state index >= 15 is 0 Å². The molecule has 5 nitrogen and oxygen atoms in total. The second-order valence-electron chi connectivity index (χ2n) is 4.95. The highest BCUT2D eigenvalue weighted by Gasteiger charge is 2.39. The van der Waals surface area contributed by atoms with Gasteiger partial charge in [0.05, 0.1) is 0 Å². The van der Waals surface area contributed by atoms with Gasteiger partial charge in [0, 0.05) is 32.2 Å². The average molecular weight is 261 g/mol. The van der Waals surface area contributed by atoms with Gasteiger partial charge in [-0.05, 0) is 25.7 Å². The van der Waals surface area contributed by atoms with Crippen LogP contribution in [0.4, 0.5) is 0 Å². The van der Waals surface area contributed by atoms with Gasteiger partial charge < -0.3 is 5.73 Å². The fourth-order valence-corrected chi connectivity index (χ4v) is 4.34. The first-order chi connectivity index (χ1) is 8.16. The highest BCUT2D eigenvalue weighted by molar-refractivity contribution is 7.86. The van der Waals surface area contributed by atoms with E-state index in [4.69, 9.17) is 5.73 Å². The van der Waals surface area contributed by atoms with E-state index in [9.17, 15) is 8.42 Å². The lowest BCUT2D eigenvalue weighted by Crippen LogP contribution is -2.47. The van der Waals surface area contributed by atoms with Gasteiger partial charge in [-0.3, -0.25) is 0 Å². The monoisotopic (exact) mass is 261 g/mol. The van der Waals surface area contributed by atoms with Crippen molar-refractivity contribution in [3.8, 4) is 0 Å². The maximum absolute atomic E-state index is 12.5. The molecule has 1 aliphatic heterocycles. The van der Waals surface area contributed by atoms with Crippen LogP contribution in [0, 0.1) is 0 Å². The summed E-state index contributed by atoms with van der Waals surface area (Å²) in [6.07, 6.45) is 6.25. The molecular formula is C11H23N3O2S. The van der Waals surface area contributed by atoms with E-state index in [0.29, 0.717) is 26.2 Å². The van der Waals surface area contributed by atoms with Crippen molar-refractivity contribution >= 4 is 10.2 Å². The topological polar surface area (TPSA) is 66.6 Å². The third-order valence-corrected chi connectivity index (χ3v) is 5.58. The average Bonchev–Trinajstić information content (AvgIpc) is 3.11. The Morgan fingerprint density at radius 3 is 2.18 bits per heavy atom. The summed E-state index contributed by atoms with van der Waals surface area (Å²) in [5.74, 6) is 0. The van der Waals surface area contributed by atoms with Gasteiger partial charge in [0.15, 0.2) is 0 Å². The molecule has 1 saturated heterocycles. The fourth-order valence-electron chi connectivity index (χ4n) is 2.40. The molecule has 17 heavy (non-hydrogen) atoms. The maximum Gasteiger partial charge on any atom is 0.282 e. The molecule has 1 saturated carbocycles. The quantitative estimate of drug-likeness (QED) is 0.785. The molecule has 2 N–H and O–H groups in total. The summed E-state index contributed by atoms with van der Waals surface area (Å²) in [5.41, 5.74) is 5.53. The Hall–Kier alpha value is -0.170. The van der Waals surface area contributed by atoms with Gasteiger partial charge in [0.1, 0.15) is 0 Å². The third-order valence-electron chi connectivity index (χ3n) is 3.49. The molecule has 0 radical (unpaired) electrons. The smallest absolute Gasteiger partial charge is 0.282 e. The van der Waals surface area contributed by atoms with E-state index in [-0.39, 0.29) is 6.04 Å². The van der Waals surface area contributed by atoms with Gasteiger partial charge in [-0.25, -0.2) is 0 Å². The second-order valence-corrected chi connectivity index (χ2v) is 6.83. The zero-order chi connectivity index (χ0) is 12.3. The third kappa shape index (κ3) is 3.19. The van der Waals surface area contributed by atoms with Crippen molar-refractivity contribution in [1.29, 1.82) is 0 Å². The predicted molar refractivity (Wildman–Crippen MR) is 67.7 cm³/mol. The molecule has 2 fully saturated rings. The summed E-state index contributed by atoms with van der Waals surface area (Å²) in [4.78, 5) is 0. The number of hydrogen-bond donors (Lipinski definition) is 1. The van der Waals surface area contributed by atoms with E-state index in [2.05, 4.69) is 0 Å². The Labute approximate surface area is 104 Å². The molecule has 100 valence electrons. The molecule has 0 aromatic carbocycles. The molecule has 0 amide bonds. The van der Waals surface area contributed by atoms with Crippen molar-refractivity contribution in [3.63, 3.8) is 0 Å². The normalized spacial score (nSPS) is 23.9. The van der Waals surface area contributed by atoms with E-state index in [0.717, 1.165) is 38.5 Å². The Morgan fingerprint density at radius 2 is 1.71 bits per heavy atom. The molecule has 0 atom stereocenters. The first kappa shape index (κ1) is 13.3. The van der Waals surface area contributed by atoms with E-state index in [1.54, 1.807) is 8.61 Å². The van der Waals surface area contributed by atoms with Crippen LogP contribution in [0.5, 0.6) is 0 Å². The Kier molecular flexibility index (Phi) is 4.41. The van der Waals surface area contributed by atoms with E-state index < -0.39 is 10.2 Å². The number of nitrogens with two attached hydrogens (primary N) is 1. The summed E-state index contributed by atoms with van der Waals surface area (Å²) in [6, 6.07) is 0.215. The molecule has 0 aromatic rings. The standard InChI is InChI=1S/C11H23N3O2S/c12-7-10-14(11-5-6-11)17(15,16)13-8-3-1-2-4-9-13/h11H,1-10,12H2. The van der Waals surface area contributed by atoms with Crippen LogP contribution in [0.15, 0.2) is 0 Å². The number of nitrogens with zero attached hydrogens (tertiary/aromatic N) is 2. The summed E-state index contributed by atoms with van der Waals surface area (Å²) < 4.78 is 28.3. The van der Waals surface area contributed by atoms with Crippen LogP contribution in [-0.2, 0) is 10.2 Å². The number of rotatable bonds is 5. The molecular weight excluding hydrogens is 238 g/mol. The molecule has 0 spiro atoms. The first-order valence-corrected chi connectivity index (χ1v) is 8.03. The van der Waals surface area contributed by atoms with Gasteiger partial charge >= 0.3 is 0 Å². The van der Waals surface area contributed by atoms with Gasteiger partial charge in [0.25, 0.3) is 10.2 Å². The Bertz CT molecular complexity index is 333. The van der Waals surface area contributed by atoms with Crippen molar-refractivity contribution in [2.24, 2.45) is 5.73 Å². The van der Waals surface area contributed by atoms with E-state index in [1.807, 2.05) is 0 Å². The summed E-state index contributed by atoms with van der Waals surface area (Å²) in [7, 11) is -3.26. The Morgan fingerprint density at radius 1 is 1.12 bits per heavy atom. The van der Waals surface area contributed by atoms with Crippen molar-refractivity contribution in [1.82, 2.24) is 8.61 Å². The molecule has 0 aromatic heterocycles. The lowest BCUT2D eigenvalue weighted by molar-refractivity contribution is 0.338. The largest absolute Gasteiger partial charge is 0.329 e. The van der Waals surface area contributed by atoms with Crippen LogP contribution in [0.1, 0.15) is 38.5 Å². The summed E-state index contributed by atoms with van der Waals surface area (Å²) >= 11 is 0. The minimum atomic E-state index is -3.26. The predicted octanol–water partition coefficient (Wildman–Crippen LogP) is 0.530. The minimum absolute atomic E-state index is 0.215. The minimum Gasteiger partial charge on any atom is -0.329 e. The van der Waals surface area contributed by atoms with Crippen LogP contribution in [-0.4, -0.2) is 49.2 Å². The van der Waals surface area contributed by atoms with Crippen LogP contribution in [0.25, 0.3) is 0 Å². The Balaban J connectivity index is 2.08. The van der Waals surface area contributed by atoms with Crippen molar-refractivity contribution in [3.05, 3.63) is 0 Å². The SMILES string of the molecule is NCCN(C1CC1)S(=O)(=O)N1CCCCCC1. The highest BCUT2D eigenvalue weighted by atomic mass is 32.2. The number of hydrogen-bond acceptors (Lipinski definition) is 3. The van der Waals surface area contributed by atoms with Crippen LogP contribution in [0.2, 0.25) is 0 Å². The molecule has 2 aliphatic rings. The van der Waals surface area contributed by atoms with Gasteiger partial charge in [-0.15, -0.1) is 0 Å². The van der Waals surface area contributed by atoms with Gasteiger partial charge in [0.2, 0.25) is 0 Å². The van der Waals surface area contributed by atoms with Gasteiger partial charge in [-0.2, -0.15) is 17.0 Å². The van der Waals surface area contributed by atoms with Crippen molar-refractivity contribution < 1.29 is 8.42 Å². The zero-order valence-electron chi connectivity index (χ0n) is 10.3. The van der Waals surface area contributed by atoms with E-state index in [1.165, 1.54) is 0 Å². The second kappa shape index (κ2) is 5.65. The molecule has 6 heteroatoms.